The predicted molar refractivity (Wildman–Crippen MR) is 102 cm³/mol. The molecule has 3 N–H and O–H groups in total. The lowest BCUT2D eigenvalue weighted by atomic mass is 10.0. The number of hydrogen-bond acceptors (Lipinski definition) is 4. The van der Waals surface area contributed by atoms with Gasteiger partial charge < -0.3 is 20.6 Å². The van der Waals surface area contributed by atoms with Crippen molar-refractivity contribution in [3.05, 3.63) is 34.9 Å². The molecule has 1 heterocycles. The minimum absolute atomic E-state index is 0. The summed E-state index contributed by atoms with van der Waals surface area (Å²) in [4.78, 5) is 28.5. The third-order valence-corrected chi connectivity index (χ3v) is 5.50. The van der Waals surface area contributed by atoms with E-state index >= 15 is 0 Å². The Labute approximate surface area is 160 Å². The van der Waals surface area contributed by atoms with Crippen molar-refractivity contribution < 1.29 is 14.7 Å². The summed E-state index contributed by atoms with van der Waals surface area (Å²) < 4.78 is 0. The second kappa shape index (κ2) is 8.37. The molecule has 0 aromatic heterocycles. The molecule has 6 nitrogen and oxygen atoms in total. The normalized spacial score (nSPS) is 26.0. The highest BCUT2D eigenvalue weighted by molar-refractivity contribution is 5.87. The molecule has 3 rings (SSSR count). The standard InChI is InChI=1S/C19H27N3O3.ClH/c1-12-3-4-14(7-13(12)2)10-21-5-6-22(11-18(21)24)19(25)15-8-16(20)17(23)9-15;/h3-4,7,15-17,23H,5-6,8-11,20H2,1-2H3;1H/t15-,16-,17-;/m0./s1. The van der Waals surface area contributed by atoms with Gasteiger partial charge in [0.05, 0.1) is 12.6 Å². The Kier molecular flexibility index (Phi) is 6.66. The molecule has 0 unspecified atom stereocenters. The lowest BCUT2D eigenvalue weighted by Gasteiger charge is -2.35. The first-order chi connectivity index (χ1) is 11.8. The number of hydrogen-bond donors (Lipinski definition) is 2. The van der Waals surface area contributed by atoms with Gasteiger partial charge in [0, 0.05) is 31.6 Å². The van der Waals surface area contributed by atoms with E-state index in [-0.39, 0.29) is 42.7 Å². The first-order valence-corrected chi connectivity index (χ1v) is 8.91. The molecule has 0 spiro atoms. The van der Waals surface area contributed by atoms with Gasteiger partial charge in [-0.05, 0) is 43.4 Å². The molecule has 1 saturated heterocycles. The zero-order valence-corrected chi connectivity index (χ0v) is 16.2. The van der Waals surface area contributed by atoms with Crippen molar-refractivity contribution in [2.75, 3.05) is 19.6 Å². The van der Waals surface area contributed by atoms with Gasteiger partial charge in [0.1, 0.15) is 0 Å². The minimum Gasteiger partial charge on any atom is -0.391 e. The predicted octanol–water partition coefficient (Wildman–Crippen LogP) is 0.994. The van der Waals surface area contributed by atoms with Crippen molar-refractivity contribution in [3.8, 4) is 0 Å². The van der Waals surface area contributed by atoms with Crippen LogP contribution in [0.5, 0.6) is 0 Å². The minimum atomic E-state index is -0.615. The van der Waals surface area contributed by atoms with Gasteiger partial charge >= 0.3 is 0 Å². The van der Waals surface area contributed by atoms with Crippen LogP contribution in [-0.4, -0.2) is 58.5 Å². The molecule has 0 radical (unpaired) electrons. The number of amides is 2. The second-order valence-electron chi connectivity index (χ2n) is 7.39. The summed E-state index contributed by atoms with van der Waals surface area (Å²) in [5, 5.41) is 9.74. The molecule has 144 valence electrons. The Morgan fingerprint density at radius 2 is 1.96 bits per heavy atom. The van der Waals surface area contributed by atoms with Crippen LogP contribution >= 0.6 is 12.4 Å². The van der Waals surface area contributed by atoms with Gasteiger partial charge in [0.25, 0.3) is 0 Å². The van der Waals surface area contributed by atoms with Gasteiger partial charge in [-0.1, -0.05) is 18.2 Å². The number of carbonyl (C=O) groups excluding carboxylic acids is 2. The van der Waals surface area contributed by atoms with Gasteiger partial charge in [0.2, 0.25) is 11.8 Å². The molecule has 2 amide bonds. The number of aryl methyl sites for hydroxylation is 2. The van der Waals surface area contributed by atoms with Crippen LogP contribution in [0.15, 0.2) is 18.2 Å². The fourth-order valence-electron chi connectivity index (χ4n) is 3.69. The van der Waals surface area contributed by atoms with E-state index in [1.807, 2.05) is 4.90 Å². The molecule has 1 aromatic carbocycles. The fraction of sp³-hybridized carbons (Fsp3) is 0.579. The molecular weight excluding hydrogens is 354 g/mol. The van der Waals surface area contributed by atoms with Crippen LogP contribution in [0.1, 0.15) is 29.5 Å². The number of aliphatic hydroxyl groups excluding tert-OH is 1. The number of nitrogens with two attached hydrogens (primary N) is 1. The van der Waals surface area contributed by atoms with Crippen LogP contribution in [-0.2, 0) is 16.1 Å². The molecule has 1 aromatic rings. The van der Waals surface area contributed by atoms with E-state index in [9.17, 15) is 14.7 Å². The fourth-order valence-corrected chi connectivity index (χ4v) is 3.69. The van der Waals surface area contributed by atoms with Gasteiger partial charge in [-0.15, -0.1) is 12.4 Å². The van der Waals surface area contributed by atoms with Crippen LogP contribution in [0.3, 0.4) is 0 Å². The molecule has 2 aliphatic rings. The first-order valence-electron chi connectivity index (χ1n) is 8.91. The summed E-state index contributed by atoms with van der Waals surface area (Å²) in [6.07, 6.45) is 0.282. The molecule has 1 aliphatic carbocycles. The van der Waals surface area contributed by atoms with Crippen LogP contribution in [0.25, 0.3) is 0 Å². The van der Waals surface area contributed by atoms with Crippen LogP contribution in [0, 0.1) is 19.8 Å². The highest BCUT2D eigenvalue weighted by Gasteiger charge is 2.38. The summed E-state index contributed by atoms with van der Waals surface area (Å²) in [7, 11) is 0. The zero-order chi connectivity index (χ0) is 18.1. The monoisotopic (exact) mass is 381 g/mol. The average molecular weight is 382 g/mol. The smallest absolute Gasteiger partial charge is 0.242 e. The third-order valence-electron chi connectivity index (χ3n) is 5.50. The second-order valence-corrected chi connectivity index (χ2v) is 7.39. The van der Waals surface area contributed by atoms with Gasteiger partial charge in [-0.25, -0.2) is 0 Å². The number of nitrogens with zero attached hydrogens (tertiary/aromatic N) is 2. The summed E-state index contributed by atoms with van der Waals surface area (Å²) >= 11 is 0. The quantitative estimate of drug-likeness (QED) is 0.817. The number of halogens is 1. The maximum Gasteiger partial charge on any atom is 0.242 e. The van der Waals surface area contributed by atoms with Crippen molar-refractivity contribution in [2.45, 2.75) is 45.4 Å². The lowest BCUT2D eigenvalue weighted by molar-refractivity contribution is -0.148. The van der Waals surface area contributed by atoms with Crippen molar-refractivity contribution in [1.29, 1.82) is 0 Å². The Bertz CT molecular complexity index is 672. The van der Waals surface area contributed by atoms with E-state index in [1.54, 1.807) is 4.90 Å². The molecular formula is C19H28ClN3O3. The Hall–Kier alpha value is -1.63. The van der Waals surface area contributed by atoms with E-state index in [4.69, 9.17) is 5.73 Å². The van der Waals surface area contributed by atoms with Crippen LogP contribution in [0.4, 0.5) is 0 Å². The molecule has 7 heteroatoms. The molecule has 1 aliphatic heterocycles. The summed E-state index contributed by atoms with van der Waals surface area (Å²) in [5.74, 6) is -0.337. The number of piperazine rings is 1. The summed E-state index contributed by atoms with van der Waals surface area (Å²) in [5.41, 5.74) is 9.37. The maximum absolute atomic E-state index is 12.6. The highest BCUT2D eigenvalue weighted by Crippen LogP contribution is 2.27. The van der Waals surface area contributed by atoms with Gasteiger partial charge in [0.15, 0.2) is 0 Å². The van der Waals surface area contributed by atoms with Crippen molar-refractivity contribution in [1.82, 2.24) is 9.80 Å². The van der Waals surface area contributed by atoms with E-state index in [1.165, 1.54) is 11.1 Å². The number of benzene rings is 1. The van der Waals surface area contributed by atoms with Gasteiger partial charge in [-0.2, -0.15) is 0 Å². The molecule has 3 atom stereocenters. The maximum atomic E-state index is 12.6. The van der Waals surface area contributed by atoms with E-state index in [2.05, 4.69) is 32.0 Å². The summed E-state index contributed by atoms with van der Waals surface area (Å²) in [6, 6.07) is 5.90. The van der Waals surface area contributed by atoms with Crippen LogP contribution in [0.2, 0.25) is 0 Å². The topological polar surface area (TPSA) is 86.9 Å². The molecule has 26 heavy (non-hydrogen) atoms. The SMILES string of the molecule is Cc1ccc(CN2CCN(C(=O)[C@H]3C[C@H](N)[C@@H](O)C3)CC2=O)cc1C.Cl. The Balaban J connectivity index is 0.00000243. The largest absolute Gasteiger partial charge is 0.391 e. The van der Waals surface area contributed by atoms with E-state index < -0.39 is 6.10 Å². The summed E-state index contributed by atoms with van der Waals surface area (Å²) in [6.45, 7) is 5.91. The Morgan fingerprint density at radius 3 is 2.54 bits per heavy atom. The zero-order valence-electron chi connectivity index (χ0n) is 15.4. The van der Waals surface area contributed by atoms with Crippen molar-refractivity contribution in [2.24, 2.45) is 11.7 Å². The third kappa shape index (κ3) is 4.37. The van der Waals surface area contributed by atoms with E-state index in [0.29, 0.717) is 32.5 Å². The molecule has 1 saturated carbocycles. The number of carbonyl (C=O) groups is 2. The lowest BCUT2D eigenvalue weighted by Crippen LogP contribution is -2.53. The number of rotatable bonds is 3. The van der Waals surface area contributed by atoms with Gasteiger partial charge in [-0.3, -0.25) is 9.59 Å². The van der Waals surface area contributed by atoms with Crippen molar-refractivity contribution >= 4 is 24.2 Å². The van der Waals surface area contributed by atoms with E-state index in [0.717, 1.165) is 5.56 Å². The van der Waals surface area contributed by atoms with Crippen LogP contribution < -0.4 is 5.73 Å². The number of aliphatic hydroxyl groups is 1. The highest BCUT2D eigenvalue weighted by atomic mass is 35.5. The van der Waals surface area contributed by atoms with Crippen molar-refractivity contribution in [3.63, 3.8) is 0 Å². The molecule has 2 fully saturated rings. The average Bonchev–Trinajstić information content (AvgIpc) is 2.91. The molecule has 0 bridgehead atoms. The first kappa shape index (κ1) is 20.7. The Morgan fingerprint density at radius 1 is 1.23 bits per heavy atom.